The maximum Gasteiger partial charge on any atom is 0.240 e. The van der Waals surface area contributed by atoms with Crippen molar-refractivity contribution in [3.8, 4) is 11.4 Å². The van der Waals surface area contributed by atoms with Crippen molar-refractivity contribution >= 4 is 29.7 Å². The summed E-state index contributed by atoms with van der Waals surface area (Å²) in [6.45, 7) is 1.85. The Morgan fingerprint density at radius 1 is 1.27 bits per heavy atom. The van der Waals surface area contributed by atoms with Crippen LogP contribution >= 0.6 is 23.8 Å². The van der Waals surface area contributed by atoms with Crippen molar-refractivity contribution < 1.29 is 9.18 Å². The summed E-state index contributed by atoms with van der Waals surface area (Å²) in [4.78, 5) is 12.4. The number of aromatic nitrogens is 3. The molecule has 0 fully saturated rings. The quantitative estimate of drug-likeness (QED) is 0.639. The van der Waals surface area contributed by atoms with E-state index in [0.29, 0.717) is 15.6 Å². The van der Waals surface area contributed by atoms with Crippen molar-refractivity contribution in [2.75, 3.05) is 0 Å². The van der Waals surface area contributed by atoms with Crippen LogP contribution in [0.15, 0.2) is 48.5 Å². The zero-order valence-corrected chi connectivity index (χ0v) is 15.4. The third kappa shape index (κ3) is 4.17. The van der Waals surface area contributed by atoms with Gasteiger partial charge in [-0.2, -0.15) is 5.10 Å². The topological polar surface area (TPSA) is 62.7 Å². The number of nitrogens with zero attached hydrogens (tertiary/aromatic N) is 2. The largest absolute Gasteiger partial charge is 0.348 e. The Morgan fingerprint density at radius 3 is 2.58 bits per heavy atom. The van der Waals surface area contributed by atoms with Gasteiger partial charge < -0.3 is 5.32 Å². The maximum absolute atomic E-state index is 13.0. The second kappa shape index (κ2) is 7.80. The molecule has 8 heteroatoms. The van der Waals surface area contributed by atoms with E-state index >= 15 is 0 Å². The normalized spacial score (nSPS) is 12.0. The number of hydrogen-bond donors (Lipinski definition) is 2. The molecule has 2 N–H and O–H groups in total. The molecule has 0 radical (unpaired) electrons. The average Bonchev–Trinajstić information content (AvgIpc) is 2.97. The van der Waals surface area contributed by atoms with Crippen molar-refractivity contribution in [3.05, 3.63) is 69.7 Å². The zero-order chi connectivity index (χ0) is 18.7. The Morgan fingerprint density at radius 2 is 1.92 bits per heavy atom. The minimum atomic E-state index is -0.315. The fourth-order valence-electron chi connectivity index (χ4n) is 2.55. The number of carbonyl (C=O) groups excluding carboxylic acids is 1. The number of benzene rings is 2. The van der Waals surface area contributed by atoms with Gasteiger partial charge in [0.05, 0.1) is 6.04 Å². The van der Waals surface area contributed by atoms with Crippen molar-refractivity contribution in [1.29, 1.82) is 0 Å². The summed E-state index contributed by atoms with van der Waals surface area (Å²) in [6.07, 6.45) is 0. The molecule has 1 aromatic heterocycles. The first-order chi connectivity index (χ1) is 12.4. The molecule has 0 bridgehead atoms. The highest BCUT2D eigenvalue weighted by molar-refractivity contribution is 7.71. The number of amides is 1. The van der Waals surface area contributed by atoms with Crippen LogP contribution in [0.3, 0.4) is 0 Å². The van der Waals surface area contributed by atoms with E-state index in [1.54, 1.807) is 28.8 Å². The monoisotopic (exact) mass is 390 g/mol. The molecule has 0 aliphatic heterocycles. The summed E-state index contributed by atoms with van der Waals surface area (Å²) >= 11 is 11.1. The molecule has 0 spiro atoms. The Balaban J connectivity index is 1.75. The molecule has 5 nitrogen and oxygen atoms in total. The summed E-state index contributed by atoms with van der Waals surface area (Å²) < 4.78 is 15.0. The molecule has 1 heterocycles. The zero-order valence-electron chi connectivity index (χ0n) is 13.9. The van der Waals surface area contributed by atoms with Crippen LogP contribution in [0.4, 0.5) is 4.39 Å². The van der Waals surface area contributed by atoms with Crippen molar-refractivity contribution in [2.24, 2.45) is 0 Å². The van der Waals surface area contributed by atoms with Crippen LogP contribution in [0.1, 0.15) is 18.5 Å². The minimum Gasteiger partial charge on any atom is -0.348 e. The van der Waals surface area contributed by atoms with E-state index in [1.807, 2.05) is 19.1 Å². The van der Waals surface area contributed by atoms with Gasteiger partial charge >= 0.3 is 0 Å². The first kappa shape index (κ1) is 18.3. The van der Waals surface area contributed by atoms with Crippen LogP contribution in [0.5, 0.6) is 0 Å². The van der Waals surface area contributed by atoms with Gasteiger partial charge in [0.2, 0.25) is 5.91 Å². The van der Waals surface area contributed by atoms with E-state index in [0.717, 1.165) is 11.1 Å². The molecule has 134 valence electrons. The summed E-state index contributed by atoms with van der Waals surface area (Å²) in [5.74, 6) is 0.00961. The van der Waals surface area contributed by atoms with Gasteiger partial charge in [0.25, 0.3) is 0 Å². The number of H-pyrrole nitrogens is 1. The molecule has 0 saturated carbocycles. The lowest BCUT2D eigenvalue weighted by Gasteiger charge is -2.15. The van der Waals surface area contributed by atoms with E-state index in [2.05, 4.69) is 15.5 Å². The molecule has 0 unspecified atom stereocenters. The van der Waals surface area contributed by atoms with Crippen LogP contribution in [0, 0.1) is 10.6 Å². The number of hydrogen-bond acceptors (Lipinski definition) is 3. The van der Waals surface area contributed by atoms with Gasteiger partial charge in [0.1, 0.15) is 12.4 Å². The van der Waals surface area contributed by atoms with Crippen LogP contribution < -0.4 is 5.32 Å². The SMILES string of the molecule is C[C@@H](NC(=O)Cn1c(-c2ccc(Cl)cc2)n[nH]c1=S)c1ccc(F)cc1. The average molecular weight is 391 g/mol. The van der Waals surface area contributed by atoms with E-state index in [1.165, 1.54) is 12.1 Å². The number of nitrogens with one attached hydrogen (secondary N) is 2. The Kier molecular flexibility index (Phi) is 5.49. The van der Waals surface area contributed by atoms with E-state index in [-0.39, 0.29) is 24.3 Å². The smallest absolute Gasteiger partial charge is 0.240 e. The van der Waals surface area contributed by atoms with Gasteiger partial charge in [-0.1, -0.05) is 23.7 Å². The Labute approximate surface area is 159 Å². The summed E-state index contributed by atoms with van der Waals surface area (Å²) in [7, 11) is 0. The lowest BCUT2D eigenvalue weighted by Crippen LogP contribution is -2.30. The summed E-state index contributed by atoms with van der Waals surface area (Å²) in [5.41, 5.74) is 1.61. The molecule has 1 atom stereocenters. The maximum atomic E-state index is 13.0. The predicted molar refractivity (Wildman–Crippen MR) is 101 cm³/mol. The third-order valence-electron chi connectivity index (χ3n) is 3.91. The molecular formula is C18H16ClFN4OS. The van der Waals surface area contributed by atoms with Crippen LogP contribution in [-0.4, -0.2) is 20.7 Å². The molecular weight excluding hydrogens is 375 g/mol. The highest BCUT2D eigenvalue weighted by atomic mass is 35.5. The molecule has 0 saturated heterocycles. The molecule has 26 heavy (non-hydrogen) atoms. The lowest BCUT2D eigenvalue weighted by molar-refractivity contribution is -0.122. The van der Waals surface area contributed by atoms with Crippen LogP contribution in [-0.2, 0) is 11.3 Å². The van der Waals surface area contributed by atoms with Crippen molar-refractivity contribution in [1.82, 2.24) is 20.1 Å². The van der Waals surface area contributed by atoms with Gasteiger partial charge in [0.15, 0.2) is 10.6 Å². The van der Waals surface area contributed by atoms with Gasteiger partial charge in [-0.05, 0) is 61.1 Å². The second-order valence-electron chi connectivity index (χ2n) is 5.79. The van der Waals surface area contributed by atoms with Crippen molar-refractivity contribution in [3.63, 3.8) is 0 Å². The van der Waals surface area contributed by atoms with Crippen molar-refractivity contribution in [2.45, 2.75) is 19.5 Å². The van der Waals surface area contributed by atoms with Crippen LogP contribution in [0.2, 0.25) is 5.02 Å². The first-order valence-electron chi connectivity index (χ1n) is 7.90. The predicted octanol–water partition coefficient (Wildman–Crippen LogP) is 4.28. The minimum absolute atomic E-state index is 0.0127. The van der Waals surface area contributed by atoms with E-state index in [9.17, 15) is 9.18 Å². The Hall–Kier alpha value is -2.51. The summed E-state index contributed by atoms with van der Waals surface area (Å²) in [6, 6.07) is 12.9. The van der Waals surface area contributed by atoms with Gasteiger partial charge in [-0.3, -0.25) is 14.5 Å². The molecule has 0 aliphatic carbocycles. The fraction of sp³-hybridized carbons (Fsp3) is 0.167. The number of carbonyl (C=O) groups is 1. The number of aromatic amines is 1. The summed E-state index contributed by atoms with van der Waals surface area (Å²) in [5, 5.41) is 10.4. The Bertz CT molecular complexity index is 966. The van der Waals surface area contributed by atoms with Gasteiger partial charge in [-0.25, -0.2) is 4.39 Å². The molecule has 3 aromatic rings. The van der Waals surface area contributed by atoms with E-state index in [4.69, 9.17) is 23.8 Å². The number of halogens is 2. The van der Waals surface area contributed by atoms with Crippen LogP contribution in [0.25, 0.3) is 11.4 Å². The third-order valence-corrected chi connectivity index (χ3v) is 4.47. The first-order valence-corrected chi connectivity index (χ1v) is 8.68. The fourth-order valence-corrected chi connectivity index (χ4v) is 2.87. The highest BCUT2D eigenvalue weighted by Crippen LogP contribution is 2.20. The molecule has 3 rings (SSSR count). The van der Waals surface area contributed by atoms with Gasteiger partial charge in [-0.15, -0.1) is 0 Å². The lowest BCUT2D eigenvalue weighted by atomic mass is 10.1. The number of rotatable bonds is 5. The molecule has 1 amide bonds. The molecule has 2 aromatic carbocycles. The second-order valence-corrected chi connectivity index (χ2v) is 6.61. The van der Waals surface area contributed by atoms with Gasteiger partial charge in [0, 0.05) is 10.6 Å². The van der Waals surface area contributed by atoms with E-state index < -0.39 is 0 Å². The molecule has 0 aliphatic rings. The highest BCUT2D eigenvalue weighted by Gasteiger charge is 2.15. The standard InChI is InChI=1S/C18H16ClFN4OS/c1-11(12-4-8-15(20)9-5-12)21-16(25)10-24-17(22-23-18(24)26)13-2-6-14(19)7-3-13/h2-9,11H,10H2,1H3,(H,21,25)(H,23,26)/t11-/m1/s1.